The van der Waals surface area contributed by atoms with Gasteiger partial charge in [0.15, 0.2) is 0 Å². The highest BCUT2D eigenvalue weighted by atomic mass is 32.3. The van der Waals surface area contributed by atoms with Crippen LogP contribution in [0.1, 0.15) is 70.8 Å². The van der Waals surface area contributed by atoms with Gasteiger partial charge >= 0.3 is 0 Å². The van der Waals surface area contributed by atoms with E-state index in [1.165, 1.54) is 6.07 Å². The van der Waals surface area contributed by atoms with Crippen LogP contribution in [0.2, 0.25) is 0 Å². The molecule has 0 atom stereocenters. The van der Waals surface area contributed by atoms with E-state index in [0.29, 0.717) is 11.8 Å². The first-order valence-electron chi connectivity index (χ1n) is 9.96. The summed E-state index contributed by atoms with van der Waals surface area (Å²) >= 11 is 0. The minimum absolute atomic E-state index is 0.000907. The molecule has 0 aliphatic carbocycles. The van der Waals surface area contributed by atoms with Crippen molar-refractivity contribution in [3.05, 3.63) is 42.0 Å². The highest BCUT2D eigenvalue weighted by Crippen LogP contribution is 2.29. The van der Waals surface area contributed by atoms with Gasteiger partial charge in [0.25, 0.3) is 10.0 Å². The summed E-state index contributed by atoms with van der Waals surface area (Å²) in [7, 11) is -8.09. The Balaban J connectivity index is 2.19. The Morgan fingerprint density at radius 3 is 2.11 bits per heavy atom. The molecule has 0 aliphatic rings. The summed E-state index contributed by atoms with van der Waals surface area (Å²) in [6, 6.07) is 10.5. The number of hydrogen-bond donors (Lipinski definition) is 1. The molecule has 28 heavy (non-hydrogen) atoms. The molecule has 1 N–H and O–H groups in total. The molecule has 2 aromatic carbocycles. The molecule has 156 valence electrons. The van der Waals surface area contributed by atoms with Crippen LogP contribution < -0.4 is 4.13 Å². The SMILES string of the molecule is CCCCCCCCS(=O)(=O)NS(=O)(=O)c1cccc2c(C(C)C)cccc12. The minimum Gasteiger partial charge on any atom is -0.211 e. The second-order valence-electron chi connectivity index (χ2n) is 7.53. The minimum atomic E-state index is -4.18. The van der Waals surface area contributed by atoms with E-state index in [4.69, 9.17) is 0 Å². The van der Waals surface area contributed by atoms with Crippen LogP contribution in [0.3, 0.4) is 0 Å². The van der Waals surface area contributed by atoms with Gasteiger partial charge < -0.3 is 0 Å². The van der Waals surface area contributed by atoms with E-state index in [-0.39, 0.29) is 16.6 Å². The van der Waals surface area contributed by atoms with E-state index in [2.05, 4.69) is 6.92 Å². The zero-order valence-corrected chi connectivity index (χ0v) is 18.6. The third-order valence-corrected chi connectivity index (χ3v) is 8.49. The molecule has 0 saturated heterocycles. The predicted molar refractivity (Wildman–Crippen MR) is 116 cm³/mol. The Hall–Kier alpha value is -1.44. The summed E-state index contributed by atoms with van der Waals surface area (Å²) in [6.45, 7) is 6.20. The highest BCUT2D eigenvalue weighted by molar-refractivity contribution is 8.04. The zero-order valence-electron chi connectivity index (χ0n) is 16.9. The Morgan fingerprint density at radius 1 is 0.821 bits per heavy atom. The summed E-state index contributed by atoms with van der Waals surface area (Å²) < 4.78 is 52.2. The average Bonchev–Trinajstić information content (AvgIpc) is 2.62. The molecule has 0 bridgehead atoms. The molecule has 0 amide bonds. The fourth-order valence-corrected chi connectivity index (χ4v) is 6.71. The molecule has 0 saturated carbocycles. The summed E-state index contributed by atoms with van der Waals surface area (Å²) in [5.41, 5.74) is 1.03. The molecule has 0 radical (unpaired) electrons. The van der Waals surface area contributed by atoms with E-state index in [9.17, 15) is 16.8 Å². The molecule has 2 aromatic rings. The maximum Gasteiger partial charge on any atom is 0.254 e. The smallest absolute Gasteiger partial charge is 0.211 e. The van der Waals surface area contributed by atoms with Gasteiger partial charge in [-0.3, -0.25) is 0 Å². The third kappa shape index (κ3) is 6.03. The molecule has 7 heteroatoms. The molecule has 0 heterocycles. The molecule has 0 aromatic heterocycles. The molecular formula is C21H31NO4S2. The highest BCUT2D eigenvalue weighted by Gasteiger charge is 2.24. The van der Waals surface area contributed by atoms with Gasteiger partial charge in [-0.25, -0.2) is 16.8 Å². The van der Waals surface area contributed by atoms with Crippen LogP contribution in [-0.2, 0) is 20.0 Å². The summed E-state index contributed by atoms with van der Waals surface area (Å²) in [6.07, 6.45) is 5.56. The second kappa shape index (κ2) is 9.85. The quantitative estimate of drug-likeness (QED) is 0.518. The normalized spacial score (nSPS) is 12.7. The van der Waals surface area contributed by atoms with Crippen molar-refractivity contribution in [3.8, 4) is 0 Å². The van der Waals surface area contributed by atoms with Crippen molar-refractivity contribution in [2.45, 2.75) is 70.1 Å². The van der Waals surface area contributed by atoms with Gasteiger partial charge in [-0.2, -0.15) is 0 Å². The van der Waals surface area contributed by atoms with Crippen LogP contribution >= 0.6 is 0 Å². The first kappa shape index (κ1) is 22.8. The van der Waals surface area contributed by atoms with E-state index in [1.54, 1.807) is 12.1 Å². The lowest BCUT2D eigenvalue weighted by Gasteiger charge is -2.14. The van der Waals surface area contributed by atoms with Gasteiger partial charge in [0, 0.05) is 5.39 Å². The Labute approximate surface area is 169 Å². The lowest BCUT2D eigenvalue weighted by Crippen LogP contribution is -2.32. The molecule has 2 rings (SSSR count). The fourth-order valence-electron chi connectivity index (χ4n) is 3.37. The van der Waals surface area contributed by atoms with Crippen LogP contribution in [0.5, 0.6) is 0 Å². The number of benzene rings is 2. The number of hydrogen-bond acceptors (Lipinski definition) is 4. The van der Waals surface area contributed by atoms with Crippen molar-refractivity contribution in [1.82, 2.24) is 4.13 Å². The Bertz CT molecular complexity index is 996. The molecule has 0 unspecified atom stereocenters. The van der Waals surface area contributed by atoms with E-state index < -0.39 is 20.0 Å². The van der Waals surface area contributed by atoms with Crippen molar-refractivity contribution in [2.24, 2.45) is 0 Å². The first-order valence-corrected chi connectivity index (χ1v) is 13.1. The van der Waals surface area contributed by atoms with Crippen molar-refractivity contribution in [1.29, 1.82) is 0 Å². The van der Waals surface area contributed by atoms with Gasteiger partial charge in [0.05, 0.1) is 10.6 Å². The van der Waals surface area contributed by atoms with Crippen molar-refractivity contribution in [2.75, 3.05) is 5.75 Å². The average molecular weight is 426 g/mol. The van der Waals surface area contributed by atoms with Gasteiger partial charge in [0.1, 0.15) is 0 Å². The summed E-state index contributed by atoms with van der Waals surface area (Å²) in [5.74, 6) is 0.0476. The first-order chi connectivity index (χ1) is 13.2. The van der Waals surface area contributed by atoms with E-state index in [1.807, 2.05) is 36.2 Å². The van der Waals surface area contributed by atoms with E-state index in [0.717, 1.165) is 43.1 Å². The Kier molecular flexibility index (Phi) is 8.04. The van der Waals surface area contributed by atoms with Crippen molar-refractivity contribution in [3.63, 3.8) is 0 Å². The third-order valence-electron chi connectivity index (χ3n) is 4.83. The standard InChI is InChI=1S/C21H31NO4S2/c1-4-5-6-7-8-9-16-27(23,24)22-28(25,26)21-15-11-13-19-18(17(2)3)12-10-14-20(19)21/h10-15,17,22H,4-9,16H2,1-3H3. The van der Waals surface area contributed by atoms with Crippen LogP contribution in [0.4, 0.5) is 0 Å². The monoisotopic (exact) mass is 425 g/mol. The summed E-state index contributed by atoms with van der Waals surface area (Å²) in [5, 5.41) is 1.37. The largest absolute Gasteiger partial charge is 0.254 e. The topological polar surface area (TPSA) is 80.3 Å². The molecule has 0 fully saturated rings. The summed E-state index contributed by atoms with van der Waals surface area (Å²) in [4.78, 5) is -0.000907. The van der Waals surface area contributed by atoms with Gasteiger partial charge in [-0.05, 0) is 29.4 Å². The number of unbranched alkanes of at least 4 members (excludes halogenated alkanes) is 5. The number of fused-ring (bicyclic) bond motifs is 1. The van der Waals surface area contributed by atoms with Gasteiger partial charge in [0.2, 0.25) is 10.0 Å². The Morgan fingerprint density at radius 2 is 1.43 bits per heavy atom. The van der Waals surface area contributed by atoms with Gasteiger partial charge in [-0.1, -0.05) is 83.2 Å². The zero-order chi connectivity index (χ0) is 20.8. The van der Waals surface area contributed by atoms with Crippen molar-refractivity contribution >= 4 is 30.8 Å². The molecule has 0 spiro atoms. The predicted octanol–water partition coefficient (Wildman–Crippen LogP) is 4.93. The fraction of sp³-hybridized carbons (Fsp3) is 0.524. The molecule has 0 aliphatic heterocycles. The molecule has 5 nitrogen and oxygen atoms in total. The van der Waals surface area contributed by atoms with Crippen LogP contribution in [0, 0.1) is 0 Å². The maximum atomic E-state index is 12.8. The van der Waals surface area contributed by atoms with Crippen LogP contribution in [-0.4, -0.2) is 22.6 Å². The number of nitrogens with one attached hydrogen (secondary N) is 1. The van der Waals surface area contributed by atoms with Crippen LogP contribution in [0.25, 0.3) is 10.8 Å². The van der Waals surface area contributed by atoms with Crippen LogP contribution in [0.15, 0.2) is 41.3 Å². The van der Waals surface area contributed by atoms with E-state index >= 15 is 0 Å². The second-order valence-corrected chi connectivity index (χ2v) is 11.3. The molecular weight excluding hydrogens is 394 g/mol. The number of sulfonamides is 2. The van der Waals surface area contributed by atoms with Gasteiger partial charge in [-0.15, -0.1) is 4.13 Å². The lowest BCUT2D eigenvalue weighted by molar-refractivity contribution is 0.571. The maximum absolute atomic E-state index is 12.8. The number of rotatable bonds is 11. The van der Waals surface area contributed by atoms with Crippen molar-refractivity contribution < 1.29 is 16.8 Å². The lowest BCUT2D eigenvalue weighted by atomic mass is 9.96.